The van der Waals surface area contributed by atoms with E-state index in [-0.39, 0.29) is 0 Å². The van der Waals surface area contributed by atoms with Crippen LogP contribution < -0.4 is 0 Å². The molecule has 0 aromatic carbocycles. The van der Waals surface area contributed by atoms with Crippen molar-refractivity contribution in [2.75, 3.05) is 0 Å². The topological polar surface area (TPSA) is 0 Å². The first-order valence-electron chi connectivity index (χ1n) is 2.01. The third-order valence-electron chi connectivity index (χ3n) is 0.712. The van der Waals surface area contributed by atoms with E-state index in [1.807, 2.05) is 0 Å². The zero-order valence-electron chi connectivity index (χ0n) is 4.52. The Balaban J connectivity index is 4.75. The van der Waals surface area contributed by atoms with E-state index in [0.717, 1.165) is 0 Å². The van der Waals surface area contributed by atoms with Gasteiger partial charge in [-0.2, -0.15) is 8.78 Å². The van der Waals surface area contributed by atoms with Crippen LogP contribution in [0.25, 0.3) is 0 Å². The molecule has 0 aromatic rings. The van der Waals surface area contributed by atoms with Gasteiger partial charge in [-0.15, -0.1) is 0 Å². The fourth-order valence-electron chi connectivity index (χ4n) is 0.161. The van der Waals surface area contributed by atoms with E-state index in [1.54, 1.807) is 0 Å². The molecule has 0 N–H and O–H groups in total. The molecule has 68 valence electrons. The Labute approximate surface area is 79.3 Å². The molecule has 0 spiro atoms. The summed E-state index contributed by atoms with van der Waals surface area (Å²) in [6, 6.07) is 0. The molecule has 0 aliphatic rings. The zero-order chi connectivity index (χ0) is 9.50. The van der Waals surface area contributed by atoms with Gasteiger partial charge in [-0.1, -0.05) is 46.4 Å². The van der Waals surface area contributed by atoms with Crippen molar-refractivity contribution in [1.29, 1.82) is 0 Å². The van der Waals surface area contributed by atoms with E-state index in [0.29, 0.717) is 0 Å². The van der Waals surface area contributed by atoms with Crippen molar-refractivity contribution in [3.05, 3.63) is 0 Å². The predicted octanol–water partition coefficient (Wildman–Crippen LogP) is 3.82. The minimum absolute atomic E-state index is 4.15. The molecule has 0 heterocycles. The van der Waals surface area contributed by atoms with Gasteiger partial charge in [0, 0.05) is 0 Å². The Morgan fingerprint density at radius 1 is 0.636 bits per heavy atom. The summed E-state index contributed by atoms with van der Waals surface area (Å²) < 4.78 is 40.1. The molecule has 0 saturated carbocycles. The van der Waals surface area contributed by atoms with E-state index < -0.39 is 15.1 Å². The molecular formula is C3Cl4F4. The monoisotopic (exact) mass is 252 g/mol. The van der Waals surface area contributed by atoms with Gasteiger partial charge in [0.05, 0.1) is 0 Å². The van der Waals surface area contributed by atoms with Gasteiger partial charge in [-0.05, 0) is 0 Å². The molecule has 0 bridgehead atoms. The van der Waals surface area contributed by atoms with Crippen molar-refractivity contribution in [3.8, 4) is 0 Å². The van der Waals surface area contributed by atoms with Crippen molar-refractivity contribution >= 4 is 46.4 Å². The summed E-state index contributed by atoms with van der Waals surface area (Å²) in [7, 11) is 0. The van der Waals surface area contributed by atoms with Gasteiger partial charge in [-0.25, -0.2) is 8.78 Å². The summed E-state index contributed by atoms with van der Waals surface area (Å²) in [5, 5.41) is 0. The van der Waals surface area contributed by atoms with Crippen molar-refractivity contribution < 1.29 is 17.6 Å². The van der Waals surface area contributed by atoms with Gasteiger partial charge in [-0.3, -0.25) is 0 Å². The first-order valence-corrected chi connectivity index (χ1v) is 3.52. The van der Waals surface area contributed by atoms with Crippen molar-refractivity contribution in [2.24, 2.45) is 0 Å². The average molecular weight is 254 g/mol. The lowest BCUT2D eigenvalue weighted by Gasteiger charge is -2.26. The van der Waals surface area contributed by atoms with Gasteiger partial charge < -0.3 is 0 Å². The average Bonchev–Trinajstić information content (AvgIpc) is 1.58. The maximum atomic E-state index is 12.2. The maximum absolute atomic E-state index is 12.2. The Hall–Kier alpha value is 0.880. The predicted molar refractivity (Wildman–Crippen MR) is 36.0 cm³/mol. The molecule has 0 aliphatic heterocycles. The second kappa shape index (κ2) is 2.98. The van der Waals surface area contributed by atoms with Gasteiger partial charge in [0.25, 0.3) is 0 Å². The quantitative estimate of drug-likeness (QED) is 0.518. The summed E-state index contributed by atoms with van der Waals surface area (Å²) in [4.78, 5) is 0. The standard InChI is InChI=1S/C3Cl4F4/c4-2(5,10)1(8,9)3(6,7)11. The number of halogens is 8. The summed E-state index contributed by atoms with van der Waals surface area (Å²) in [5.74, 6) is -4.90. The number of alkyl halides is 8. The van der Waals surface area contributed by atoms with Crippen LogP contribution in [0.1, 0.15) is 0 Å². The van der Waals surface area contributed by atoms with E-state index in [4.69, 9.17) is 0 Å². The zero-order valence-corrected chi connectivity index (χ0v) is 7.55. The van der Waals surface area contributed by atoms with Crippen molar-refractivity contribution in [3.63, 3.8) is 0 Å². The van der Waals surface area contributed by atoms with E-state index in [2.05, 4.69) is 46.4 Å². The van der Waals surface area contributed by atoms with Crippen LogP contribution in [0.3, 0.4) is 0 Å². The molecule has 0 aliphatic carbocycles. The lowest BCUT2D eigenvalue weighted by atomic mass is 10.4. The summed E-state index contributed by atoms with van der Waals surface area (Å²) in [5.41, 5.74) is 0. The summed E-state index contributed by atoms with van der Waals surface area (Å²) in [6.45, 7) is 0. The van der Waals surface area contributed by atoms with Crippen LogP contribution >= 0.6 is 46.4 Å². The Morgan fingerprint density at radius 3 is 0.818 bits per heavy atom. The molecular weight excluding hydrogens is 254 g/mol. The first-order chi connectivity index (χ1) is 4.50. The highest BCUT2D eigenvalue weighted by Crippen LogP contribution is 2.52. The smallest absolute Gasteiger partial charge is 0.201 e. The van der Waals surface area contributed by atoms with Gasteiger partial charge in [0.1, 0.15) is 0 Å². The lowest BCUT2D eigenvalue weighted by Crippen LogP contribution is -2.46. The summed E-state index contributed by atoms with van der Waals surface area (Å²) in [6.07, 6.45) is 0. The van der Waals surface area contributed by atoms with Crippen LogP contribution in [0.15, 0.2) is 0 Å². The van der Waals surface area contributed by atoms with Crippen LogP contribution in [0.2, 0.25) is 0 Å². The van der Waals surface area contributed by atoms with Crippen LogP contribution in [0.4, 0.5) is 17.6 Å². The Morgan fingerprint density at radius 2 is 0.818 bits per heavy atom. The van der Waals surface area contributed by atoms with E-state index >= 15 is 0 Å². The minimum atomic E-state index is -4.90. The van der Waals surface area contributed by atoms with Crippen LogP contribution in [-0.4, -0.2) is 15.1 Å². The molecule has 0 nitrogen and oxygen atoms in total. The highest BCUT2D eigenvalue weighted by atomic mass is 35.5. The summed E-state index contributed by atoms with van der Waals surface area (Å²) >= 11 is 17.0. The van der Waals surface area contributed by atoms with Crippen molar-refractivity contribution in [1.82, 2.24) is 0 Å². The molecule has 0 aromatic heterocycles. The van der Waals surface area contributed by atoms with Crippen LogP contribution in [0, 0.1) is 0 Å². The Bertz CT molecular complexity index is 128. The van der Waals surface area contributed by atoms with E-state index in [9.17, 15) is 17.6 Å². The molecule has 0 atom stereocenters. The first kappa shape index (κ1) is 11.9. The fourth-order valence-corrected chi connectivity index (χ4v) is 0.875. The number of hydrogen-bond acceptors (Lipinski definition) is 0. The highest BCUT2D eigenvalue weighted by molar-refractivity contribution is 6.52. The molecule has 0 fully saturated rings. The molecule has 0 saturated heterocycles. The SMILES string of the molecule is FC(Cl)(Cl)C(F)(F)C(F)(Cl)Cl. The molecule has 0 rings (SSSR count). The van der Waals surface area contributed by atoms with Crippen LogP contribution in [0.5, 0.6) is 0 Å². The number of hydrogen-bond donors (Lipinski definition) is 0. The minimum Gasteiger partial charge on any atom is -0.201 e. The normalized spacial score (nSPS) is 15.3. The van der Waals surface area contributed by atoms with Crippen LogP contribution in [-0.2, 0) is 0 Å². The second-order valence-corrected chi connectivity index (χ2v) is 4.04. The lowest BCUT2D eigenvalue weighted by molar-refractivity contribution is -0.106. The third-order valence-corrected chi connectivity index (χ3v) is 1.66. The highest BCUT2D eigenvalue weighted by Gasteiger charge is 2.67. The van der Waals surface area contributed by atoms with Crippen molar-refractivity contribution in [2.45, 2.75) is 15.1 Å². The molecule has 0 radical (unpaired) electrons. The molecule has 0 unspecified atom stereocenters. The molecule has 0 amide bonds. The largest absolute Gasteiger partial charge is 0.370 e. The third kappa shape index (κ3) is 2.41. The van der Waals surface area contributed by atoms with Gasteiger partial charge in [0.2, 0.25) is 0 Å². The second-order valence-electron chi connectivity index (χ2n) is 1.57. The van der Waals surface area contributed by atoms with Gasteiger partial charge >= 0.3 is 15.1 Å². The fraction of sp³-hybridized carbons (Fsp3) is 1.00. The maximum Gasteiger partial charge on any atom is 0.370 e. The van der Waals surface area contributed by atoms with E-state index in [1.165, 1.54) is 0 Å². The number of rotatable bonds is 2. The Kier molecular flexibility index (Phi) is 3.22. The molecule has 11 heavy (non-hydrogen) atoms. The van der Waals surface area contributed by atoms with Gasteiger partial charge in [0.15, 0.2) is 0 Å². The molecule has 8 heteroatoms.